The second kappa shape index (κ2) is 10.4. The van der Waals surface area contributed by atoms with Crippen molar-refractivity contribution in [2.75, 3.05) is 0 Å². The van der Waals surface area contributed by atoms with Gasteiger partial charge in [0.1, 0.15) is 6.61 Å². The van der Waals surface area contributed by atoms with Crippen molar-refractivity contribution in [1.82, 2.24) is 9.97 Å². The van der Waals surface area contributed by atoms with Crippen LogP contribution in [0.4, 0.5) is 0 Å². The summed E-state index contributed by atoms with van der Waals surface area (Å²) in [5, 5.41) is -0.404. The summed E-state index contributed by atoms with van der Waals surface area (Å²) in [7, 11) is -4.36. The fourth-order valence-electron chi connectivity index (χ4n) is 3.81. The number of carbonyl (C=O) groups is 1. The molecule has 0 aliphatic heterocycles. The Morgan fingerprint density at radius 1 is 0.676 bits per heavy atom. The maximum atomic E-state index is 14.1. The van der Waals surface area contributed by atoms with Gasteiger partial charge in [0.2, 0.25) is 15.0 Å². The van der Waals surface area contributed by atoms with Crippen LogP contribution in [0, 0.1) is 0 Å². The number of aromatic nitrogens is 2. The molecule has 0 bridgehead atoms. The van der Waals surface area contributed by atoms with Crippen molar-refractivity contribution in [2.24, 2.45) is 0 Å². The van der Waals surface area contributed by atoms with E-state index in [1.54, 1.807) is 24.3 Å². The first kappa shape index (κ1) is 23.3. The Morgan fingerprint density at radius 2 is 1.12 bits per heavy atom. The van der Waals surface area contributed by atoms with E-state index in [0.717, 1.165) is 5.56 Å². The Hall–Kier alpha value is -3.84. The molecule has 1 heterocycles. The van der Waals surface area contributed by atoms with E-state index in [2.05, 4.69) is 9.97 Å². The van der Waals surface area contributed by atoms with Gasteiger partial charge in [-0.25, -0.2) is 18.4 Å². The van der Waals surface area contributed by atoms with E-state index in [9.17, 15) is 13.2 Å². The third kappa shape index (κ3) is 5.05. The van der Waals surface area contributed by atoms with Crippen molar-refractivity contribution in [3.63, 3.8) is 0 Å². The molecule has 0 saturated carbocycles. The first-order chi connectivity index (χ1) is 16.5. The number of ether oxygens (including phenoxy) is 1. The highest BCUT2D eigenvalue weighted by Gasteiger charge is 2.54. The average Bonchev–Trinajstić information content (AvgIpc) is 2.89. The summed E-state index contributed by atoms with van der Waals surface area (Å²) in [6.07, 6.45) is 2.53. The molecule has 1 aromatic heterocycles. The van der Waals surface area contributed by atoms with Gasteiger partial charge in [0.25, 0.3) is 0 Å². The second-order valence-electron chi connectivity index (χ2n) is 7.92. The molecule has 0 aliphatic rings. The topological polar surface area (TPSA) is 86.2 Å². The van der Waals surface area contributed by atoms with Gasteiger partial charge in [-0.15, -0.1) is 0 Å². The van der Waals surface area contributed by atoms with Gasteiger partial charge in [0.05, 0.1) is 0 Å². The van der Waals surface area contributed by atoms with Gasteiger partial charge < -0.3 is 4.74 Å². The fraction of sp³-hybridized carbons (Fsp3) is 0.148. The Kier molecular flexibility index (Phi) is 7.13. The van der Waals surface area contributed by atoms with Gasteiger partial charge in [-0.2, -0.15) is 0 Å². The summed E-state index contributed by atoms with van der Waals surface area (Å²) >= 11 is 0. The van der Waals surface area contributed by atoms with Gasteiger partial charge in [-0.3, -0.25) is 4.79 Å². The van der Waals surface area contributed by atoms with Crippen LogP contribution in [0.2, 0.25) is 0 Å². The van der Waals surface area contributed by atoms with Crippen LogP contribution in [0.25, 0.3) is 0 Å². The number of hydrogen-bond acceptors (Lipinski definition) is 6. The van der Waals surface area contributed by atoms with E-state index < -0.39 is 25.7 Å². The summed E-state index contributed by atoms with van der Waals surface area (Å²) in [5.74, 6) is -0.837. The highest BCUT2D eigenvalue weighted by molar-refractivity contribution is 7.93. The quantitative estimate of drug-likeness (QED) is 0.268. The molecule has 0 radical (unpaired) electrons. The third-order valence-corrected chi connectivity index (χ3v) is 7.72. The minimum atomic E-state index is -4.36. The molecule has 0 amide bonds. The van der Waals surface area contributed by atoms with E-state index in [0.29, 0.717) is 11.1 Å². The van der Waals surface area contributed by atoms with Gasteiger partial charge in [-0.1, -0.05) is 91.0 Å². The molecule has 4 aromatic rings. The van der Waals surface area contributed by atoms with Crippen LogP contribution >= 0.6 is 0 Å². The molecule has 0 N–H and O–H groups in total. The normalized spacial score (nSPS) is 11.6. The summed E-state index contributed by atoms with van der Waals surface area (Å²) < 4.78 is 31.9. The zero-order chi connectivity index (χ0) is 23.9. The molecule has 172 valence electrons. The average molecular weight is 473 g/mol. The van der Waals surface area contributed by atoms with Crippen molar-refractivity contribution in [3.05, 3.63) is 126 Å². The smallest absolute Gasteiger partial charge is 0.329 e. The number of sulfone groups is 1. The Bertz CT molecular complexity index is 1270. The highest BCUT2D eigenvalue weighted by atomic mass is 32.2. The van der Waals surface area contributed by atoms with Gasteiger partial charge in [0, 0.05) is 25.2 Å². The summed E-state index contributed by atoms with van der Waals surface area (Å²) in [6.45, 7) is -0.0455. The summed E-state index contributed by atoms with van der Waals surface area (Å²) in [4.78, 5) is 21.8. The summed E-state index contributed by atoms with van der Waals surface area (Å²) in [6, 6.07) is 28.8. The van der Waals surface area contributed by atoms with Gasteiger partial charge >= 0.3 is 5.97 Å². The van der Waals surface area contributed by atoms with Crippen LogP contribution in [0.1, 0.15) is 16.7 Å². The molecule has 0 unspecified atom stereocenters. The van der Waals surface area contributed by atoms with Crippen LogP contribution in [-0.2, 0) is 38.8 Å². The first-order valence-corrected chi connectivity index (χ1v) is 12.3. The maximum absolute atomic E-state index is 14.1. The molecule has 0 fully saturated rings. The Balaban J connectivity index is 1.83. The first-order valence-electron chi connectivity index (χ1n) is 10.8. The number of benzene rings is 3. The largest absolute Gasteiger partial charge is 0.460 e. The maximum Gasteiger partial charge on any atom is 0.329 e. The number of carbonyl (C=O) groups excluding carboxylic acids is 1. The Morgan fingerprint density at radius 3 is 1.59 bits per heavy atom. The molecule has 0 saturated heterocycles. The van der Waals surface area contributed by atoms with Crippen molar-refractivity contribution in [2.45, 2.75) is 29.4 Å². The number of hydrogen-bond donors (Lipinski definition) is 0. The summed E-state index contributed by atoms with van der Waals surface area (Å²) in [5.41, 5.74) is 2.14. The Labute approximate surface area is 199 Å². The molecular weight excluding hydrogens is 448 g/mol. The lowest BCUT2D eigenvalue weighted by atomic mass is 9.91. The lowest BCUT2D eigenvalue weighted by Gasteiger charge is -2.31. The van der Waals surface area contributed by atoms with E-state index in [1.807, 2.05) is 66.7 Å². The molecule has 6 nitrogen and oxygen atoms in total. The molecular formula is C27H24N2O4S. The second-order valence-corrected chi connectivity index (χ2v) is 10.1. The minimum Gasteiger partial charge on any atom is -0.460 e. The molecule has 7 heteroatoms. The van der Waals surface area contributed by atoms with Crippen molar-refractivity contribution in [1.29, 1.82) is 0 Å². The van der Waals surface area contributed by atoms with E-state index in [-0.39, 0.29) is 19.4 Å². The highest BCUT2D eigenvalue weighted by Crippen LogP contribution is 2.33. The number of nitrogens with zero attached hydrogens (tertiary/aromatic N) is 2. The zero-order valence-corrected chi connectivity index (χ0v) is 19.3. The van der Waals surface area contributed by atoms with Gasteiger partial charge in [-0.05, 0) is 22.8 Å². The molecule has 34 heavy (non-hydrogen) atoms. The molecule has 3 aromatic carbocycles. The van der Waals surface area contributed by atoms with Crippen molar-refractivity contribution < 1.29 is 17.9 Å². The van der Waals surface area contributed by atoms with Crippen molar-refractivity contribution >= 4 is 15.8 Å². The molecule has 4 rings (SSSR count). The standard InChI is InChI=1S/C27H24N2O4S/c30-25(33-21-24-15-8-3-9-16-24)27(19-22-11-4-1-5-12-22,20-23-13-6-2-7-14-23)34(31,32)26-28-17-10-18-29-26/h1-18H,19-21H2. The molecule has 0 aliphatic carbocycles. The predicted octanol–water partition coefficient (Wildman–Crippen LogP) is 4.22. The van der Waals surface area contributed by atoms with Gasteiger partial charge in [0.15, 0.2) is 4.75 Å². The molecule has 0 spiro atoms. The lowest BCUT2D eigenvalue weighted by molar-refractivity contribution is -0.148. The molecule has 0 atom stereocenters. The van der Waals surface area contributed by atoms with Crippen LogP contribution in [-0.4, -0.2) is 29.1 Å². The fourth-order valence-corrected chi connectivity index (χ4v) is 5.55. The zero-order valence-electron chi connectivity index (χ0n) is 18.4. The van der Waals surface area contributed by atoms with Crippen LogP contribution in [0.3, 0.4) is 0 Å². The monoisotopic (exact) mass is 472 g/mol. The van der Waals surface area contributed by atoms with Crippen LogP contribution in [0.5, 0.6) is 0 Å². The minimum absolute atomic E-state index is 0.0455. The van der Waals surface area contributed by atoms with Crippen molar-refractivity contribution in [3.8, 4) is 0 Å². The van der Waals surface area contributed by atoms with E-state index in [4.69, 9.17) is 4.74 Å². The van der Waals surface area contributed by atoms with E-state index in [1.165, 1.54) is 18.5 Å². The van der Waals surface area contributed by atoms with E-state index >= 15 is 0 Å². The number of rotatable bonds is 9. The lowest BCUT2D eigenvalue weighted by Crippen LogP contribution is -2.51. The van der Waals surface area contributed by atoms with Crippen LogP contribution < -0.4 is 0 Å². The van der Waals surface area contributed by atoms with Crippen LogP contribution in [0.15, 0.2) is 115 Å². The predicted molar refractivity (Wildman–Crippen MR) is 128 cm³/mol. The number of esters is 1. The third-order valence-electron chi connectivity index (χ3n) is 5.55. The SMILES string of the molecule is O=C(OCc1ccccc1)C(Cc1ccccc1)(Cc1ccccc1)S(=O)(=O)c1ncccn1.